The van der Waals surface area contributed by atoms with E-state index in [1.54, 1.807) is 12.1 Å². The topological polar surface area (TPSA) is 103 Å². The zero-order valence-electron chi connectivity index (χ0n) is 13.8. The Morgan fingerprint density at radius 1 is 1.24 bits per heavy atom. The Balaban J connectivity index is 1.67. The molecule has 8 heteroatoms. The van der Waals surface area contributed by atoms with Gasteiger partial charge < -0.3 is 5.73 Å². The molecule has 2 heterocycles. The number of thiazole rings is 1. The van der Waals surface area contributed by atoms with Crippen molar-refractivity contribution in [3.63, 3.8) is 0 Å². The highest BCUT2D eigenvalue weighted by Gasteiger charge is 2.11. The highest BCUT2D eigenvalue weighted by Crippen LogP contribution is 2.16. The molecule has 0 aliphatic rings. The predicted molar refractivity (Wildman–Crippen MR) is 95.8 cm³/mol. The van der Waals surface area contributed by atoms with Gasteiger partial charge in [0.15, 0.2) is 5.13 Å². The second-order valence-corrected chi connectivity index (χ2v) is 6.50. The number of anilines is 1. The minimum absolute atomic E-state index is 0.139. The summed E-state index contributed by atoms with van der Waals surface area (Å²) in [6.45, 7) is 4.62. The van der Waals surface area contributed by atoms with Crippen LogP contribution < -0.4 is 11.1 Å². The number of benzene rings is 1. The summed E-state index contributed by atoms with van der Waals surface area (Å²) < 4.78 is 1.92. The number of rotatable bonds is 5. The van der Waals surface area contributed by atoms with Crippen LogP contribution in [0.1, 0.15) is 37.8 Å². The average molecular weight is 355 g/mol. The van der Waals surface area contributed by atoms with E-state index in [1.165, 1.54) is 5.38 Å². The Morgan fingerprint density at radius 3 is 2.52 bits per heavy atom. The summed E-state index contributed by atoms with van der Waals surface area (Å²) in [5.74, 6) is -0.909. The number of hydrogen-bond acceptors (Lipinski definition) is 5. The standard InChI is InChI=1S/C17H17N5O2S/c1-10-7-11(2)22(21-10)8-12-3-5-13(6-4-12)16(24)20-17-19-14(9-25-17)15(18)23/h3-7,9H,8H2,1-2H3,(H2,18,23)(H,19,20,24). The van der Waals surface area contributed by atoms with Crippen LogP contribution >= 0.6 is 11.3 Å². The minimum atomic E-state index is -0.620. The lowest BCUT2D eigenvalue weighted by molar-refractivity contribution is 0.0992. The molecule has 2 amide bonds. The molecule has 0 aliphatic heterocycles. The molecule has 0 radical (unpaired) electrons. The number of amides is 2. The van der Waals surface area contributed by atoms with Gasteiger partial charge in [-0.2, -0.15) is 5.10 Å². The lowest BCUT2D eigenvalue weighted by Gasteiger charge is -2.06. The normalized spacial score (nSPS) is 10.6. The Hall–Kier alpha value is -3.00. The summed E-state index contributed by atoms with van der Waals surface area (Å²) in [7, 11) is 0. The molecular formula is C17H17N5O2S. The smallest absolute Gasteiger partial charge is 0.268 e. The third-order valence-corrected chi connectivity index (χ3v) is 4.39. The molecule has 7 nitrogen and oxygen atoms in total. The van der Waals surface area contributed by atoms with Crippen molar-refractivity contribution in [3.8, 4) is 0 Å². The van der Waals surface area contributed by atoms with Crippen LogP contribution in [-0.2, 0) is 6.54 Å². The van der Waals surface area contributed by atoms with E-state index >= 15 is 0 Å². The van der Waals surface area contributed by atoms with Crippen LogP contribution in [-0.4, -0.2) is 26.6 Å². The van der Waals surface area contributed by atoms with E-state index in [1.807, 2.05) is 36.7 Å². The highest BCUT2D eigenvalue weighted by molar-refractivity contribution is 7.14. The van der Waals surface area contributed by atoms with Crippen LogP contribution in [0.3, 0.4) is 0 Å². The molecule has 3 aromatic rings. The van der Waals surface area contributed by atoms with E-state index in [2.05, 4.69) is 15.4 Å². The summed E-state index contributed by atoms with van der Waals surface area (Å²) in [4.78, 5) is 27.2. The number of hydrogen-bond donors (Lipinski definition) is 2. The van der Waals surface area contributed by atoms with Gasteiger partial charge in [-0.15, -0.1) is 11.3 Å². The lowest BCUT2D eigenvalue weighted by atomic mass is 10.1. The molecule has 0 saturated carbocycles. The van der Waals surface area contributed by atoms with Crippen molar-refractivity contribution in [1.82, 2.24) is 14.8 Å². The molecule has 1 aromatic carbocycles. The van der Waals surface area contributed by atoms with Crippen molar-refractivity contribution in [2.45, 2.75) is 20.4 Å². The van der Waals surface area contributed by atoms with Crippen LogP contribution in [0.15, 0.2) is 35.7 Å². The van der Waals surface area contributed by atoms with Gasteiger partial charge in [-0.05, 0) is 37.6 Å². The first-order chi connectivity index (χ1) is 11.9. The van der Waals surface area contributed by atoms with Crippen LogP contribution in [0.5, 0.6) is 0 Å². The van der Waals surface area contributed by atoms with Gasteiger partial charge >= 0.3 is 0 Å². The number of primary amides is 1. The molecule has 2 aromatic heterocycles. The molecule has 128 valence electrons. The van der Waals surface area contributed by atoms with Crippen molar-refractivity contribution < 1.29 is 9.59 Å². The van der Waals surface area contributed by atoms with Crippen LogP contribution in [0.25, 0.3) is 0 Å². The summed E-state index contributed by atoms with van der Waals surface area (Å²) in [5, 5.41) is 8.93. The Morgan fingerprint density at radius 2 is 1.96 bits per heavy atom. The summed E-state index contributed by atoms with van der Waals surface area (Å²) in [5.41, 5.74) is 8.91. The van der Waals surface area contributed by atoms with Crippen molar-refractivity contribution in [2.24, 2.45) is 5.73 Å². The van der Waals surface area contributed by atoms with Crippen molar-refractivity contribution in [3.05, 3.63) is 63.9 Å². The van der Waals surface area contributed by atoms with Crippen LogP contribution in [0, 0.1) is 13.8 Å². The summed E-state index contributed by atoms with van der Waals surface area (Å²) in [6.07, 6.45) is 0. The largest absolute Gasteiger partial charge is 0.364 e. The predicted octanol–water partition coefficient (Wildman–Crippen LogP) is 2.36. The Labute approximate surface area is 148 Å². The molecule has 0 spiro atoms. The van der Waals surface area contributed by atoms with Crippen molar-refractivity contribution in [2.75, 3.05) is 5.32 Å². The fraction of sp³-hybridized carbons (Fsp3) is 0.176. The van der Waals surface area contributed by atoms with E-state index in [9.17, 15) is 9.59 Å². The number of carbonyl (C=O) groups excluding carboxylic acids is 2. The second kappa shape index (κ2) is 6.86. The third-order valence-electron chi connectivity index (χ3n) is 3.63. The van der Waals surface area contributed by atoms with Crippen molar-refractivity contribution in [1.29, 1.82) is 0 Å². The lowest BCUT2D eigenvalue weighted by Crippen LogP contribution is -2.14. The van der Waals surface area contributed by atoms with E-state index in [0.717, 1.165) is 28.3 Å². The molecule has 0 unspecified atom stereocenters. The molecule has 0 fully saturated rings. The Kier molecular flexibility index (Phi) is 4.62. The first kappa shape index (κ1) is 16.8. The molecule has 0 saturated heterocycles. The van der Waals surface area contributed by atoms with Gasteiger partial charge in [0.05, 0.1) is 12.2 Å². The van der Waals surface area contributed by atoms with Gasteiger partial charge in [0, 0.05) is 16.6 Å². The number of nitrogens with one attached hydrogen (secondary N) is 1. The summed E-state index contributed by atoms with van der Waals surface area (Å²) >= 11 is 1.15. The molecular weight excluding hydrogens is 338 g/mol. The third kappa shape index (κ3) is 3.92. The van der Waals surface area contributed by atoms with Gasteiger partial charge in [-0.3, -0.25) is 19.6 Å². The number of aromatic nitrogens is 3. The van der Waals surface area contributed by atoms with E-state index in [4.69, 9.17) is 5.73 Å². The zero-order chi connectivity index (χ0) is 18.0. The monoisotopic (exact) mass is 355 g/mol. The maximum absolute atomic E-state index is 12.2. The molecule has 3 rings (SSSR count). The Bertz CT molecular complexity index is 927. The van der Waals surface area contributed by atoms with Gasteiger partial charge in [0.1, 0.15) is 5.69 Å². The van der Waals surface area contributed by atoms with Gasteiger partial charge in [0.2, 0.25) is 0 Å². The first-order valence-electron chi connectivity index (χ1n) is 7.59. The fourth-order valence-corrected chi connectivity index (χ4v) is 3.08. The fourth-order valence-electron chi connectivity index (χ4n) is 2.38. The number of aryl methyl sites for hydroxylation is 2. The quantitative estimate of drug-likeness (QED) is 0.733. The van der Waals surface area contributed by atoms with Crippen molar-refractivity contribution >= 4 is 28.3 Å². The molecule has 3 N–H and O–H groups in total. The average Bonchev–Trinajstić information content (AvgIpc) is 3.15. The number of nitrogens with zero attached hydrogens (tertiary/aromatic N) is 3. The zero-order valence-corrected chi connectivity index (χ0v) is 14.6. The molecule has 25 heavy (non-hydrogen) atoms. The number of nitrogens with two attached hydrogens (primary N) is 1. The first-order valence-corrected chi connectivity index (χ1v) is 8.47. The van der Waals surface area contributed by atoms with E-state index in [-0.39, 0.29) is 11.6 Å². The van der Waals surface area contributed by atoms with E-state index < -0.39 is 5.91 Å². The van der Waals surface area contributed by atoms with E-state index in [0.29, 0.717) is 17.2 Å². The highest BCUT2D eigenvalue weighted by atomic mass is 32.1. The van der Waals surface area contributed by atoms with Gasteiger partial charge in [-0.1, -0.05) is 12.1 Å². The SMILES string of the molecule is Cc1cc(C)n(Cc2ccc(C(=O)Nc3nc(C(N)=O)cs3)cc2)n1. The molecule has 0 bridgehead atoms. The van der Waals surface area contributed by atoms with Gasteiger partial charge in [0.25, 0.3) is 11.8 Å². The van der Waals surface area contributed by atoms with Gasteiger partial charge in [-0.25, -0.2) is 4.98 Å². The maximum Gasteiger partial charge on any atom is 0.268 e. The van der Waals surface area contributed by atoms with Crippen LogP contribution in [0.2, 0.25) is 0 Å². The molecule has 0 atom stereocenters. The maximum atomic E-state index is 12.2. The second-order valence-electron chi connectivity index (χ2n) is 5.64. The summed E-state index contributed by atoms with van der Waals surface area (Å²) in [6, 6.07) is 9.30. The van der Waals surface area contributed by atoms with Crippen LogP contribution in [0.4, 0.5) is 5.13 Å². The molecule has 0 aliphatic carbocycles. The number of carbonyl (C=O) groups is 2. The minimum Gasteiger partial charge on any atom is -0.364 e.